The lowest BCUT2D eigenvalue weighted by atomic mass is 10.7. The molecule has 0 heterocycles. The first-order valence-corrected chi connectivity index (χ1v) is 1.20. The molecule has 0 fully saturated rings. The van der Waals surface area contributed by atoms with Gasteiger partial charge in [0.25, 0.3) is 0 Å². The van der Waals surface area contributed by atoms with Gasteiger partial charge in [0.15, 0.2) is 0 Å². The van der Waals surface area contributed by atoms with Gasteiger partial charge in [0.1, 0.15) is 1.41 Å². The zero-order chi connectivity index (χ0) is 9.23. The van der Waals surface area contributed by atoms with Crippen LogP contribution in [0.25, 0.3) is 0 Å². The molecule has 3 nitrogen and oxygen atoms in total. The van der Waals surface area contributed by atoms with E-state index in [1.807, 2.05) is 0 Å². The summed E-state index contributed by atoms with van der Waals surface area (Å²) in [5.41, 5.74) is 0. The fourth-order valence-corrected chi connectivity index (χ4v) is 0.0552. The Hall–Kier alpha value is -0.570. The first-order valence-electron chi connectivity index (χ1n) is 3.72. The van der Waals surface area contributed by atoms with Crippen LogP contribution >= 0.6 is 0 Å². The van der Waals surface area contributed by atoms with Gasteiger partial charge in [-0.1, -0.05) is 0 Å². The minimum atomic E-state index is -2.86. The van der Waals surface area contributed by atoms with Gasteiger partial charge in [0.05, 0.1) is 7.89 Å². The normalized spacial score (nSPS) is 28.5. The molecule has 0 saturated carbocycles. The molecule has 0 spiro atoms. The van der Waals surface area contributed by atoms with Crippen molar-refractivity contribution in [3.63, 3.8) is 0 Å². The summed E-state index contributed by atoms with van der Waals surface area (Å²) in [5.74, 6) is -1.66. The fraction of sp³-hybridized carbons (Fsp3) is 0.667. The number of hydrogen-bond acceptors (Lipinski definition) is 2. The van der Waals surface area contributed by atoms with Gasteiger partial charge >= 0.3 is 5.97 Å². The molecule has 0 amide bonds. The number of aliphatic carboxylic acids is 1. The summed E-state index contributed by atoms with van der Waals surface area (Å²) in [7, 11) is 0. The quantitative estimate of drug-likeness (QED) is 0.475. The molecule has 0 rings (SSSR count). The van der Waals surface area contributed by atoms with Crippen LogP contribution in [0.15, 0.2) is 0 Å². The van der Waals surface area contributed by atoms with Crippen molar-refractivity contribution >= 4 is 5.97 Å². The summed E-state index contributed by atoms with van der Waals surface area (Å²) in [6.07, 6.45) is 0. The Morgan fingerprint density at radius 3 is 3.50 bits per heavy atom. The minimum Gasteiger partial charge on any atom is -0.480 e. The monoisotopic (exact) mass is 94.1 g/mol. The van der Waals surface area contributed by atoms with Crippen molar-refractivity contribution < 1.29 is 16.8 Å². The predicted molar refractivity (Wildman–Crippen MR) is 21.6 cm³/mol. The predicted octanol–water partition coefficient (Wildman–Crippen LogP) is -0.710. The number of carboxylic acids is 1. The molecule has 0 aliphatic heterocycles. The van der Waals surface area contributed by atoms with Gasteiger partial charge in [-0.15, -0.1) is 0 Å². The van der Waals surface area contributed by atoms with E-state index in [1.54, 1.807) is 0 Å². The maximum atomic E-state index is 9.99. The zero-order valence-electron chi connectivity index (χ0n) is 7.88. The van der Waals surface area contributed by atoms with Crippen molar-refractivity contribution in [1.82, 2.24) is 5.31 Å². The van der Waals surface area contributed by atoms with E-state index >= 15 is 0 Å². The van der Waals surface area contributed by atoms with Crippen molar-refractivity contribution in [1.29, 1.82) is 0 Å². The van der Waals surface area contributed by atoms with E-state index in [-0.39, 0.29) is 5.31 Å². The van der Waals surface area contributed by atoms with Crippen LogP contribution in [-0.2, 0) is 4.79 Å². The van der Waals surface area contributed by atoms with Crippen molar-refractivity contribution in [2.45, 2.75) is 0 Å². The average molecular weight is 94.1 g/mol. The second-order valence-corrected chi connectivity index (χ2v) is 0.596. The van der Waals surface area contributed by atoms with Crippen LogP contribution in [0.3, 0.4) is 0 Å². The largest absolute Gasteiger partial charge is 0.480 e. The van der Waals surface area contributed by atoms with E-state index < -0.39 is 19.5 Å². The number of nitrogens with one attached hydrogen (secondary N) is 1. The third-order valence-electron chi connectivity index (χ3n) is 0.175. The lowest BCUT2D eigenvalue weighted by Gasteiger charge is -1.84. The Kier molecular flexibility index (Phi) is 0.530. The van der Waals surface area contributed by atoms with Crippen molar-refractivity contribution in [3.8, 4) is 0 Å². The van der Waals surface area contributed by atoms with E-state index in [2.05, 4.69) is 0 Å². The first-order chi connectivity index (χ1) is 4.76. The highest BCUT2D eigenvalue weighted by atomic mass is 16.4. The number of rotatable bonds is 2. The molecule has 36 valence electrons. The summed E-state index contributed by atoms with van der Waals surface area (Å²) in [5, 5.41) is 7.86. The van der Waals surface area contributed by atoms with Crippen LogP contribution in [0.1, 0.15) is 5.48 Å². The Morgan fingerprint density at radius 1 is 2.67 bits per heavy atom. The smallest absolute Gasteiger partial charge is 0.317 e. The summed E-state index contributed by atoms with van der Waals surface area (Å²) in [6.45, 7) is -4.92. The zero-order valence-corrected chi connectivity index (χ0v) is 2.88. The van der Waals surface area contributed by atoms with Crippen LogP contribution in [0.2, 0.25) is 1.41 Å². The third kappa shape index (κ3) is 3.43. The summed E-state index contributed by atoms with van der Waals surface area (Å²) >= 11 is 0. The van der Waals surface area contributed by atoms with Crippen LogP contribution in [0, 0.1) is 0 Å². The number of carbonyl (C=O) groups is 1. The first kappa shape index (κ1) is 1.20. The third-order valence-corrected chi connectivity index (χ3v) is 0.175. The van der Waals surface area contributed by atoms with E-state index in [4.69, 9.17) is 12.0 Å². The second-order valence-electron chi connectivity index (χ2n) is 0.596. The van der Waals surface area contributed by atoms with Gasteiger partial charge in [-0.05, 0) is 6.98 Å². The fourth-order valence-electron chi connectivity index (χ4n) is 0.0552. The number of carboxylic acid groups (broad SMARTS) is 1. The maximum Gasteiger partial charge on any atom is 0.317 e. The Morgan fingerprint density at radius 2 is 3.33 bits per heavy atom. The van der Waals surface area contributed by atoms with Crippen LogP contribution in [0.5, 0.6) is 0 Å². The van der Waals surface area contributed by atoms with Gasteiger partial charge in [0.2, 0.25) is 0 Å². The van der Waals surface area contributed by atoms with Gasteiger partial charge in [-0.2, -0.15) is 0 Å². The molecule has 0 saturated heterocycles. The highest BCUT2D eigenvalue weighted by Crippen LogP contribution is 1.50. The molecule has 2 N–H and O–H groups in total. The van der Waals surface area contributed by atoms with E-state index in [9.17, 15) is 4.79 Å². The molecule has 0 aromatic rings. The van der Waals surface area contributed by atoms with Crippen LogP contribution in [-0.4, -0.2) is 24.6 Å². The molecule has 0 aliphatic carbocycles. The SMILES string of the molecule is [2H]C(C(=O)O)N([2H])C([2H])([2H])[2H]. The molecule has 3 heteroatoms. The van der Waals surface area contributed by atoms with Crippen LogP contribution in [0.4, 0.5) is 0 Å². The molecular weight excluding hydrogens is 82.0 g/mol. The van der Waals surface area contributed by atoms with Gasteiger partial charge in [-0.25, -0.2) is 0 Å². The lowest BCUT2D eigenvalue weighted by Crippen LogP contribution is -2.16. The minimum absolute atomic E-state index is 0.255. The van der Waals surface area contributed by atoms with Gasteiger partial charge in [0, 0.05) is 4.11 Å². The Balaban J connectivity index is 4.25. The molecule has 0 aromatic carbocycles. The summed E-state index contributed by atoms with van der Waals surface area (Å²) in [6, 6.07) is 0. The summed E-state index contributed by atoms with van der Waals surface area (Å²) < 4.78 is 33.0. The Bertz CT molecular complexity index is 156. The highest BCUT2D eigenvalue weighted by Gasteiger charge is 1.86. The maximum absolute atomic E-state index is 9.99. The number of likely N-dealkylation sites (N-methyl/N-ethyl adjacent to an activating group) is 1. The molecular formula is C3H7NO2. The average Bonchev–Trinajstić information content (AvgIpc) is 1.82. The molecule has 0 aromatic heterocycles. The Labute approximate surface area is 43.1 Å². The molecule has 0 bridgehead atoms. The standard InChI is InChI=1S/C3H7NO2/c1-4-2-3(5)6/h4H,2H2,1H3,(H,5,6)/i1D3,2D/hD. The molecule has 0 aliphatic rings. The van der Waals surface area contributed by atoms with Crippen molar-refractivity contribution in [2.24, 2.45) is 0 Å². The highest BCUT2D eigenvalue weighted by molar-refractivity contribution is 5.68. The second kappa shape index (κ2) is 2.66. The van der Waals surface area contributed by atoms with E-state index in [0.29, 0.717) is 0 Å². The topological polar surface area (TPSA) is 49.3 Å². The van der Waals surface area contributed by atoms with Gasteiger partial charge < -0.3 is 10.4 Å². The molecule has 1 atom stereocenters. The lowest BCUT2D eigenvalue weighted by molar-refractivity contribution is -0.135. The molecule has 0 radical (unpaired) electrons. The molecule has 6 heavy (non-hydrogen) atoms. The summed E-state index contributed by atoms with van der Waals surface area (Å²) in [4.78, 5) is 9.99. The van der Waals surface area contributed by atoms with Gasteiger partial charge in [-0.3, -0.25) is 4.79 Å². The van der Waals surface area contributed by atoms with Crippen molar-refractivity contribution in [2.75, 3.05) is 13.5 Å². The van der Waals surface area contributed by atoms with E-state index in [1.165, 1.54) is 0 Å². The molecule has 1 unspecified atom stereocenters. The van der Waals surface area contributed by atoms with E-state index in [0.717, 1.165) is 0 Å². The van der Waals surface area contributed by atoms with Crippen LogP contribution < -0.4 is 5.31 Å². The van der Waals surface area contributed by atoms with Crippen molar-refractivity contribution in [3.05, 3.63) is 0 Å². The number of hydrogen-bond donors (Lipinski definition) is 2.